The van der Waals surface area contributed by atoms with Crippen molar-refractivity contribution in [2.75, 3.05) is 38.2 Å². The fourth-order valence-corrected chi connectivity index (χ4v) is 4.13. The molecule has 3 aromatic rings. The summed E-state index contributed by atoms with van der Waals surface area (Å²) >= 11 is 1.67. The van der Waals surface area contributed by atoms with Crippen LogP contribution in [0, 0.1) is 0 Å². The molecule has 2 N–H and O–H groups in total. The largest absolute Gasteiger partial charge is 0.493 e. The van der Waals surface area contributed by atoms with Crippen molar-refractivity contribution in [1.29, 1.82) is 0 Å². The van der Waals surface area contributed by atoms with Gasteiger partial charge in [-0.1, -0.05) is 36.4 Å². The van der Waals surface area contributed by atoms with E-state index in [1.165, 1.54) is 0 Å². The van der Waals surface area contributed by atoms with E-state index in [1.807, 2.05) is 60.1 Å². The quantitative estimate of drug-likeness (QED) is 0.451. The number of nitrogens with two attached hydrogens (primary N) is 1. The van der Waals surface area contributed by atoms with Gasteiger partial charge in [-0.25, -0.2) is 9.98 Å². The van der Waals surface area contributed by atoms with Crippen LogP contribution in [0.1, 0.15) is 11.1 Å². The second-order valence-electron chi connectivity index (χ2n) is 7.22. The van der Waals surface area contributed by atoms with Crippen LogP contribution >= 0.6 is 11.3 Å². The highest BCUT2D eigenvalue weighted by atomic mass is 32.1. The Bertz CT molecular complexity index is 986. The summed E-state index contributed by atoms with van der Waals surface area (Å²) in [5.41, 5.74) is 8.39. The van der Waals surface area contributed by atoms with E-state index in [-0.39, 0.29) is 0 Å². The van der Waals surface area contributed by atoms with E-state index in [4.69, 9.17) is 15.2 Å². The molecular formula is C23H27N5O2S. The first-order valence-corrected chi connectivity index (χ1v) is 11.1. The van der Waals surface area contributed by atoms with Crippen LogP contribution in [0.2, 0.25) is 0 Å². The molecule has 0 unspecified atom stereocenters. The van der Waals surface area contributed by atoms with Crippen molar-refractivity contribution in [1.82, 2.24) is 9.88 Å². The number of benzene rings is 2. The minimum atomic E-state index is 0.494. The van der Waals surface area contributed by atoms with Crippen LogP contribution in [0.25, 0.3) is 0 Å². The third-order valence-corrected chi connectivity index (χ3v) is 6.01. The molecule has 0 bridgehead atoms. The number of hydrogen-bond acceptors (Lipinski definition) is 6. The maximum Gasteiger partial charge on any atom is 0.191 e. The first kappa shape index (κ1) is 21.0. The second-order valence-corrected chi connectivity index (χ2v) is 8.10. The smallest absolute Gasteiger partial charge is 0.191 e. The zero-order valence-electron chi connectivity index (χ0n) is 17.6. The minimum absolute atomic E-state index is 0.494. The number of rotatable bonds is 7. The molecule has 0 aliphatic carbocycles. The van der Waals surface area contributed by atoms with E-state index in [0.717, 1.165) is 42.4 Å². The average Bonchev–Trinajstić information content (AvgIpc) is 3.37. The van der Waals surface area contributed by atoms with Gasteiger partial charge in [0.1, 0.15) is 6.61 Å². The van der Waals surface area contributed by atoms with Crippen molar-refractivity contribution in [3.63, 3.8) is 0 Å². The number of thiazole rings is 1. The fourth-order valence-electron chi connectivity index (χ4n) is 3.44. The highest BCUT2D eigenvalue weighted by molar-refractivity contribution is 7.13. The van der Waals surface area contributed by atoms with Crippen molar-refractivity contribution in [3.8, 4) is 11.5 Å². The Morgan fingerprint density at radius 2 is 1.87 bits per heavy atom. The lowest BCUT2D eigenvalue weighted by atomic mass is 10.2. The summed E-state index contributed by atoms with van der Waals surface area (Å²) in [6.45, 7) is 4.45. The van der Waals surface area contributed by atoms with Gasteiger partial charge in [0.15, 0.2) is 22.6 Å². The summed E-state index contributed by atoms with van der Waals surface area (Å²) < 4.78 is 11.4. The highest BCUT2D eigenvalue weighted by Gasteiger charge is 2.19. The highest BCUT2D eigenvalue weighted by Crippen LogP contribution is 2.29. The Morgan fingerprint density at radius 3 is 2.58 bits per heavy atom. The zero-order valence-corrected chi connectivity index (χ0v) is 18.4. The molecule has 1 fully saturated rings. The summed E-state index contributed by atoms with van der Waals surface area (Å²) in [4.78, 5) is 13.4. The lowest BCUT2D eigenvalue weighted by molar-refractivity contribution is 0.284. The Hall–Kier alpha value is -3.26. The Balaban J connectivity index is 1.32. The van der Waals surface area contributed by atoms with E-state index < -0.39 is 0 Å². The van der Waals surface area contributed by atoms with Crippen molar-refractivity contribution in [2.24, 2.45) is 10.7 Å². The number of methoxy groups -OCH3 is 1. The summed E-state index contributed by atoms with van der Waals surface area (Å²) in [6.07, 6.45) is 1.84. The standard InChI is InChI=1S/C23H27N5O2S/c1-29-21-15-19(7-8-20(21)30-17-18-5-3-2-4-6-18)16-26-22(24)27-10-12-28(13-11-27)23-25-9-14-31-23/h2-9,14-15H,10-13,16-17H2,1H3,(H2,24,26). The molecule has 1 aliphatic heterocycles. The molecule has 1 saturated heterocycles. The number of nitrogens with zero attached hydrogens (tertiary/aromatic N) is 4. The Kier molecular flexibility index (Phi) is 6.89. The molecule has 0 radical (unpaired) electrons. The first-order chi connectivity index (χ1) is 15.2. The molecule has 162 valence electrons. The Labute approximate surface area is 186 Å². The zero-order chi connectivity index (χ0) is 21.5. The molecule has 2 aromatic carbocycles. The van der Waals surface area contributed by atoms with Crippen molar-refractivity contribution < 1.29 is 9.47 Å². The number of guanidine groups is 1. The maximum absolute atomic E-state index is 6.26. The van der Waals surface area contributed by atoms with Gasteiger partial charge in [-0.3, -0.25) is 0 Å². The van der Waals surface area contributed by atoms with Gasteiger partial charge in [0.05, 0.1) is 13.7 Å². The van der Waals surface area contributed by atoms with Gasteiger partial charge in [-0.15, -0.1) is 11.3 Å². The Morgan fingerprint density at radius 1 is 1.06 bits per heavy atom. The maximum atomic E-state index is 6.26. The van der Waals surface area contributed by atoms with Crippen LogP contribution in [0.15, 0.2) is 65.1 Å². The number of hydrogen-bond donors (Lipinski definition) is 1. The van der Waals surface area contributed by atoms with Crippen molar-refractivity contribution in [2.45, 2.75) is 13.2 Å². The molecule has 31 heavy (non-hydrogen) atoms. The van der Waals surface area contributed by atoms with E-state index >= 15 is 0 Å². The van der Waals surface area contributed by atoms with Gasteiger partial charge >= 0.3 is 0 Å². The van der Waals surface area contributed by atoms with Crippen LogP contribution in [0.3, 0.4) is 0 Å². The van der Waals surface area contributed by atoms with Gasteiger partial charge in [-0.2, -0.15) is 0 Å². The van der Waals surface area contributed by atoms with Gasteiger partial charge in [0.25, 0.3) is 0 Å². The van der Waals surface area contributed by atoms with Gasteiger partial charge in [0, 0.05) is 37.8 Å². The number of ether oxygens (including phenoxy) is 2. The predicted octanol–water partition coefficient (Wildman–Crippen LogP) is 3.37. The van der Waals surface area contributed by atoms with Gasteiger partial charge in [-0.05, 0) is 23.3 Å². The lowest BCUT2D eigenvalue weighted by Gasteiger charge is -2.35. The summed E-state index contributed by atoms with van der Waals surface area (Å²) in [7, 11) is 1.65. The number of aliphatic imine (C=N–C) groups is 1. The molecule has 4 rings (SSSR count). The molecule has 0 atom stereocenters. The van der Waals surface area contributed by atoms with E-state index in [9.17, 15) is 0 Å². The third-order valence-electron chi connectivity index (χ3n) is 5.18. The van der Waals surface area contributed by atoms with Crippen LogP contribution in [0.5, 0.6) is 11.5 Å². The molecule has 2 heterocycles. The average molecular weight is 438 g/mol. The summed E-state index contributed by atoms with van der Waals surface area (Å²) in [5, 5.41) is 3.07. The molecule has 1 aromatic heterocycles. The van der Waals surface area contributed by atoms with E-state index in [1.54, 1.807) is 18.4 Å². The number of aromatic nitrogens is 1. The van der Waals surface area contributed by atoms with E-state index in [0.29, 0.717) is 30.6 Å². The molecule has 1 aliphatic rings. The number of anilines is 1. The SMILES string of the molecule is COc1cc(CN=C(N)N2CCN(c3nccs3)CC2)ccc1OCc1ccccc1. The minimum Gasteiger partial charge on any atom is -0.493 e. The molecule has 0 spiro atoms. The van der Waals surface area contributed by atoms with Gasteiger partial charge < -0.3 is 25.0 Å². The normalized spacial score (nSPS) is 14.5. The van der Waals surface area contributed by atoms with Crippen LogP contribution in [-0.2, 0) is 13.2 Å². The molecule has 0 saturated carbocycles. The van der Waals surface area contributed by atoms with Crippen molar-refractivity contribution >= 4 is 22.4 Å². The molecular weight excluding hydrogens is 410 g/mol. The molecule has 8 heteroatoms. The van der Waals surface area contributed by atoms with Gasteiger partial charge in [0.2, 0.25) is 0 Å². The molecule has 7 nitrogen and oxygen atoms in total. The van der Waals surface area contributed by atoms with Crippen molar-refractivity contribution in [3.05, 3.63) is 71.2 Å². The van der Waals surface area contributed by atoms with Crippen LogP contribution in [-0.4, -0.2) is 49.1 Å². The number of piperazine rings is 1. The predicted molar refractivity (Wildman–Crippen MR) is 125 cm³/mol. The second kappa shape index (κ2) is 10.2. The lowest BCUT2D eigenvalue weighted by Crippen LogP contribution is -2.51. The molecule has 0 amide bonds. The summed E-state index contributed by atoms with van der Waals surface area (Å²) in [6, 6.07) is 15.9. The fraction of sp³-hybridized carbons (Fsp3) is 0.304. The first-order valence-electron chi connectivity index (χ1n) is 10.3. The van der Waals surface area contributed by atoms with Crippen LogP contribution in [0.4, 0.5) is 5.13 Å². The van der Waals surface area contributed by atoms with E-state index in [2.05, 4.69) is 19.8 Å². The summed E-state index contributed by atoms with van der Waals surface area (Å²) in [5.74, 6) is 1.98. The third kappa shape index (κ3) is 5.46. The topological polar surface area (TPSA) is 76.2 Å². The van der Waals surface area contributed by atoms with Crippen LogP contribution < -0.4 is 20.1 Å². The monoisotopic (exact) mass is 437 g/mol.